The molecule has 0 aliphatic heterocycles. The van der Waals surface area contributed by atoms with Crippen molar-refractivity contribution in [2.75, 3.05) is 5.32 Å². The van der Waals surface area contributed by atoms with E-state index in [2.05, 4.69) is 5.32 Å². The fraction of sp³-hybridized carbons (Fsp3) is 0.0833. The highest BCUT2D eigenvalue weighted by Crippen LogP contribution is 2.23. The minimum atomic E-state index is -0.191. The van der Waals surface area contributed by atoms with Gasteiger partial charge in [0.05, 0.1) is 5.02 Å². The number of carbonyl (C=O) groups excluding carboxylic acids is 1. The molecule has 0 aliphatic rings. The van der Waals surface area contributed by atoms with Crippen molar-refractivity contribution < 1.29 is 4.79 Å². The summed E-state index contributed by atoms with van der Waals surface area (Å²) < 4.78 is 0. The summed E-state index contributed by atoms with van der Waals surface area (Å²) >= 11 is 12.9. The van der Waals surface area contributed by atoms with Crippen molar-refractivity contribution in [2.45, 2.75) is 5.88 Å². The van der Waals surface area contributed by atoms with Crippen LogP contribution in [0.5, 0.6) is 0 Å². The maximum Gasteiger partial charge on any atom is 0.267 e. The van der Waals surface area contributed by atoms with E-state index in [1.54, 1.807) is 11.4 Å². The van der Waals surface area contributed by atoms with Gasteiger partial charge in [-0.3, -0.25) is 4.79 Å². The molecule has 0 radical (unpaired) electrons. The van der Waals surface area contributed by atoms with E-state index in [-0.39, 0.29) is 5.91 Å². The molecule has 5 heteroatoms. The number of thiophene rings is 1. The molecule has 0 saturated heterocycles. The molecular formula is C12H9Cl2NOS. The monoisotopic (exact) mass is 285 g/mol. The van der Waals surface area contributed by atoms with Crippen molar-refractivity contribution >= 4 is 46.1 Å². The van der Waals surface area contributed by atoms with Gasteiger partial charge in [-0.2, -0.15) is 0 Å². The number of nitrogens with one attached hydrogen (secondary N) is 1. The molecule has 0 unspecified atom stereocenters. The fourth-order valence-corrected chi connectivity index (χ4v) is 2.54. The van der Waals surface area contributed by atoms with Crippen molar-refractivity contribution in [1.29, 1.82) is 0 Å². The zero-order chi connectivity index (χ0) is 12.3. The maximum absolute atomic E-state index is 11.8. The number of alkyl halides is 1. The Hall–Kier alpha value is -1.03. The maximum atomic E-state index is 11.8. The van der Waals surface area contributed by atoms with E-state index in [1.807, 2.05) is 24.3 Å². The van der Waals surface area contributed by atoms with Gasteiger partial charge in [-0.25, -0.2) is 0 Å². The third-order valence-corrected chi connectivity index (χ3v) is 3.84. The van der Waals surface area contributed by atoms with Gasteiger partial charge < -0.3 is 5.32 Å². The second-order valence-corrected chi connectivity index (χ2v) is 4.97. The number of carbonyl (C=O) groups is 1. The van der Waals surface area contributed by atoms with E-state index in [0.717, 1.165) is 11.3 Å². The Balaban J connectivity index is 2.10. The van der Waals surface area contributed by atoms with Gasteiger partial charge in [0.2, 0.25) is 0 Å². The lowest BCUT2D eigenvalue weighted by atomic mass is 10.2. The molecule has 2 aromatic rings. The van der Waals surface area contributed by atoms with Gasteiger partial charge in [0.15, 0.2) is 0 Å². The molecule has 0 bridgehead atoms. The first kappa shape index (κ1) is 12.4. The highest BCUT2D eigenvalue weighted by molar-refractivity contribution is 7.12. The Morgan fingerprint density at radius 2 is 1.94 bits per heavy atom. The van der Waals surface area contributed by atoms with Gasteiger partial charge in [-0.1, -0.05) is 23.7 Å². The fourth-order valence-electron chi connectivity index (χ4n) is 1.32. The number of halogens is 2. The molecule has 0 fully saturated rings. The summed E-state index contributed by atoms with van der Waals surface area (Å²) in [6.45, 7) is 0. The van der Waals surface area contributed by atoms with Gasteiger partial charge in [-0.15, -0.1) is 22.9 Å². The molecule has 0 aliphatic carbocycles. The molecule has 0 atom stereocenters. The van der Waals surface area contributed by atoms with Crippen LogP contribution in [0.25, 0.3) is 0 Å². The Morgan fingerprint density at radius 1 is 1.24 bits per heavy atom. The first-order valence-corrected chi connectivity index (χ1v) is 6.69. The topological polar surface area (TPSA) is 29.1 Å². The summed E-state index contributed by atoms with van der Waals surface area (Å²) in [4.78, 5) is 12.4. The van der Waals surface area contributed by atoms with Crippen LogP contribution in [-0.4, -0.2) is 5.91 Å². The second kappa shape index (κ2) is 5.54. The Bertz CT molecular complexity index is 522. The van der Waals surface area contributed by atoms with Crippen LogP contribution >= 0.6 is 34.5 Å². The van der Waals surface area contributed by atoms with E-state index in [1.165, 1.54) is 11.3 Å². The van der Waals surface area contributed by atoms with Crippen molar-refractivity contribution in [3.63, 3.8) is 0 Å². The Kier molecular flexibility index (Phi) is 4.05. The third-order valence-electron chi connectivity index (χ3n) is 2.19. The number of hydrogen-bond acceptors (Lipinski definition) is 2. The van der Waals surface area contributed by atoms with Crippen LogP contribution in [-0.2, 0) is 5.88 Å². The van der Waals surface area contributed by atoms with Crippen LogP contribution in [0.1, 0.15) is 15.2 Å². The number of amides is 1. The lowest BCUT2D eigenvalue weighted by Crippen LogP contribution is -2.10. The lowest BCUT2D eigenvalue weighted by Gasteiger charge is -2.04. The van der Waals surface area contributed by atoms with E-state index >= 15 is 0 Å². The Labute approximate surface area is 113 Å². The van der Waals surface area contributed by atoms with Crippen LogP contribution in [0, 0.1) is 0 Å². The minimum absolute atomic E-state index is 0.191. The van der Waals surface area contributed by atoms with Gasteiger partial charge in [0.25, 0.3) is 5.91 Å². The van der Waals surface area contributed by atoms with Gasteiger partial charge in [0.1, 0.15) is 4.88 Å². The average molecular weight is 286 g/mol. The molecule has 0 spiro atoms. The third kappa shape index (κ3) is 3.00. The SMILES string of the molecule is O=C(Nc1ccc(CCl)cc1)c1sccc1Cl. The summed E-state index contributed by atoms with van der Waals surface area (Å²) in [6.07, 6.45) is 0. The summed E-state index contributed by atoms with van der Waals surface area (Å²) in [5.74, 6) is 0.272. The molecule has 17 heavy (non-hydrogen) atoms. The first-order chi connectivity index (χ1) is 8.20. The van der Waals surface area contributed by atoms with E-state index < -0.39 is 0 Å². The molecule has 1 N–H and O–H groups in total. The summed E-state index contributed by atoms with van der Waals surface area (Å²) in [5, 5.41) is 5.04. The zero-order valence-corrected chi connectivity index (χ0v) is 11.1. The van der Waals surface area contributed by atoms with Crippen molar-refractivity contribution in [1.82, 2.24) is 0 Å². The molecule has 1 amide bonds. The highest BCUT2D eigenvalue weighted by Gasteiger charge is 2.11. The highest BCUT2D eigenvalue weighted by atomic mass is 35.5. The zero-order valence-electron chi connectivity index (χ0n) is 8.74. The number of hydrogen-bond donors (Lipinski definition) is 1. The molecule has 2 nitrogen and oxygen atoms in total. The average Bonchev–Trinajstić information content (AvgIpc) is 2.76. The number of anilines is 1. The standard InChI is InChI=1S/C12H9Cl2NOS/c13-7-8-1-3-9(4-2-8)15-12(16)11-10(14)5-6-17-11/h1-6H,7H2,(H,15,16). The second-order valence-electron chi connectivity index (χ2n) is 3.38. The van der Waals surface area contributed by atoms with E-state index in [4.69, 9.17) is 23.2 Å². The number of benzene rings is 1. The summed E-state index contributed by atoms with van der Waals surface area (Å²) in [7, 11) is 0. The van der Waals surface area contributed by atoms with E-state index in [9.17, 15) is 4.79 Å². The van der Waals surface area contributed by atoms with Crippen molar-refractivity contribution in [3.8, 4) is 0 Å². The van der Waals surface area contributed by atoms with Crippen LogP contribution in [0.15, 0.2) is 35.7 Å². The molecule has 0 saturated carbocycles. The smallest absolute Gasteiger partial charge is 0.267 e. The quantitative estimate of drug-likeness (QED) is 0.833. The molecule has 1 heterocycles. The van der Waals surface area contributed by atoms with Gasteiger partial charge in [-0.05, 0) is 29.1 Å². The minimum Gasteiger partial charge on any atom is -0.321 e. The summed E-state index contributed by atoms with van der Waals surface area (Å²) in [5.41, 5.74) is 1.74. The van der Waals surface area contributed by atoms with E-state index in [0.29, 0.717) is 15.8 Å². The lowest BCUT2D eigenvalue weighted by molar-refractivity contribution is 0.103. The molecule has 1 aromatic heterocycles. The number of rotatable bonds is 3. The molecule has 2 rings (SSSR count). The van der Waals surface area contributed by atoms with Gasteiger partial charge >= 0.3 is 0 Å². The predicted molar refractivity (Wildman–Crippen MR) is 73.3 cm³/mol. The molecule has 1 aromatic carbocycles. The van der Waals surface area contributed by atoms with Crippen LogP contribution < -0.4 is 5.32 Å². The largest absolute Gasteiger partial charge is 0.321 e. The van der Waals surface area contributed by atoms with Gasteiger partial charge in [0, 0.05) is 11.6 Å². The Morgan fingerprint density at radius 3 is 2.47 bits per heavy atom. The first-order valence-electron chi connectivity index (χ1n) is 4.90. The van der Waals surface area contributed by atoms with Crippen LogP contribution in [0.2, 0.25) is 5.02 Å². The van der Waals surface area contributed by atoms with Crippen molar-refractivity contribution in [2.24, 2.45) is 0 Å². The predicted octanol–water partition coefficient (Wildman–Crippen LogP) is 4.39. The molecule has 88 valence electrons. The summed E-state index contributed by atoms with van der Waals surface area (Å²) in [6, 6.07) is 9.09. The van der Waals surface area contributed by atoms with Crippen LogP contribution in [0.3, 0.4) is 0 Å². The normalized spacial score (nSPS) is 10.2. The van der Waals surface area contributed by atoms with Crippen LogP contribution in [0.4, 0.5) is 5.69 Å². The van der Waals surface area contributed by atoms with Crippen molar-refractivity contribution in [3.05, 3.63) is 51.2 Å². The molecular weight excluding hydrogens is 277 g/mol.